The fourth-order valence-corrected chi connectivity index (χ4v) is 5.10. The Morgan fingerprint density at radius 3 is 2.39 bits per heavy atom. The summed E-state index contributed by atoms with van der Waals surface area (Å²) in [5, 5.41) is 6.77. The maximum atomic E-state index is 14.0. The highest BCUT2D eigenvalue weighted by atomic mass is 19.1. The Kier molecular flexibility index (Phi) is 10.8. The molecule has 0 spiro atoms. The number of hydrogen-bond acceptors (Lipinski definition) is 5. The first kappa shape index (κ1) is 30.2. The Hall–Kier alpha value is -2.39. The molecule has 38 heavy (non-hydrogen) atoms. The standard InChI is InChI=1S/C29H40FN3O3.CH3F/c1-28(2,3)20-31-27(34)29(13-15-35-16-14-29)32-19-25-24(18-21-9-8-12-23(30)17-21)33(4)26(36-25)22-10-6-5-7-11-22;1-2/h5-12,17,24-26,32H,13-16,18-20H2,1-4H3,(H,31,34);1H3. The molecule has 0 aromatic heterocycles. The predicted octanol–water partition coefficient (Wildman–Crippen LogP) is 4.65. The van der Waals surface area contributed by atoms with E-state index in [0.717, 1.165) is 11.1 Å². The van der Waals surface area contributed by atoms with E-state index in [1.54, 1.807) is 12.1 Å². The van der Waals surface area contributed by atoms with Gasteiger partial charge in [-0.15, -0.1) is 0 Å². The van der Waals surface area contributed by atoms with Gasteiger partial charge in [0.2, 0.25) is 5.91 Å². The van der Waals surface area contributed by atoms with Crippen LogP contribution in [-0.4, -0.2) is 69.0 Å². The van der Waals surface area contributed by atoms with Gasteiger partial charge in [0.05, 0.1) is 13.3 Å². The van der Waals surface area contributed by atoms with Gasteiger partial charge in [-0.2, -0.15) is 0 Å². The number of carbonyl (C=O) groups is 1. The first-order valence-electron chi connectivity index (χ1n) is 13.3. The lowest BCUT2D eigenvalue weighted by atomic mass is 9.87. The van der Waals surface area contributed by atoms with Crippen LogP contribution in [0.1, 0.15) is 51.0 Å². The molecule has 2 heterocycles. The van der Waals surface area contributed by atoms with Crippen molar-refractivity contribution in [2.24, 2.45) is 5.41 Å². The summed E-state index contributed by atoms with van der Waals surface area (Å²) >= 11 is 0. The van der Waals surface area contributed by atoms with Crippen molar-refractivity contribution >= 4 is 5.91 Å². The van der Waals surface area contributed by atoms with Crippen molar-refractivity contribution in [1.29, 1.82) is 0 Å². The minimum absolute atomic E-state index is 0.00174. The SMILES string of the molecule is CF.CN1C(c2ccccc2)OC(CNC2(C(=O)NCC(C)(C)C)CCOCC2)C1Cc1cccc(F)c1. The second kappa shape index (κ2) is 13.6. The molecule has 0 saturated carbocycles. The van der Waals surface area contributed by atoms with E-state index < -0.39 is 5.54 Å². The quantitative estimate of drug-likeness (QED) is 0.519. The average Bonchev–Trinajstić information content (AvgIpc) is 3.22. The van der Waals surface area contributed by atoms with Crippen LogP contribution in [0.4, 0.5) is 8.78 Å². The molecule has 2 N–H and O–H groups in total. The predicted molar refractivity (Wildman–Crippen MR) is 146 cm³/mol. The maximum absolute atomic E-state index is 14.0. The molecule has 0 aliphatic carbocycles. The molecule has 2 aliphatic rings. The Morgan fingerprint density at radius 2 is 1.76 bits per heavy atom. The second-order valence-corrected chi connectivity index (χ2v) is 11.3. The highest BCUT2D eigenvalue weighted by Crippen LogP contribution is 2.35. The van der Waals surface area contributed by atoms with Gasteiger partial charge in [0.15, 0.2) is 0 Å². The van der Waals surface area contributed by atoms with E-state index in [1.165, 1.54) is 6.07 Å². The Morgan fingerprint density at radius 1 is 1.08 bits per heavy atom. The average molecular weight is 532 g/mol. The molecular formula is C30H43F2N3O3. The van der Waals surface area contributed by atoms with Crippen LogP contribution >= 0.6 is 0 Å². The summed E-state index contributed by atoms with van der Waals surface area (Å²) < 4.78 is 35.7. The molecule has 1 amide bonds. The van der Waals surface area contributed by atoms with E-state index in [9.17, 15) is 13.6 Å². The van der Waals surface area contributed by atoms with Crippen LogP contribution in [0, 0.1) is 11.2 Å². The number of benzene rings is 2. The molecule has 210 valence electrons. The summed E-state index contributed by atoms with van der Waals surface area (Å²) in [7, 11) is 2.56. The van der Waals surface area contributed by atoms with Gasteiger partial charge >= 0.3 is 0 Å². The molecule has 0 bridgehead atoms. The first-order chi connectivity index (χ1) is 18.2. The number of rotatable bonds is 8. The summed E-state index contributed by atoms with van der Waals surface area (Å²) in [4.78, 5) is 15.6. The maximum Gasteiger partial charge on any atom is 0.240 e. The summed E-state index contributed by atoms with van der Waals surface area (Å²) in [6.45, 7) is 8.54. The van der Waals surface area contributed by atoms with E-state index in [2.05, 4.69) is 55.5 Å². The van der Waals surface area contributed by atoms with E-state index in [1.807, 2.05) is 24.3 Å². The zero-order chi connectivity index (χ0) is 27.8. The zero-order valence-corrected chi connectivity index (χ0v) is 23.3. The molecule has 2 fully saturated rings. The third kappa shape index (κ3) is 7.82. The monoisotopic (exact) mass is 531 g/mol. The van der Waals surface area contributed by atoms with Crippen LogP contribution in [-0.2, 0) is 20.7 Å². The van der Waals surface area contributed by atoms with Gasteiger partial charge in [-0.1, -0.05) is 63.2 Å². The number of alkyl halides is 1. The fraction of sp³-hybridized carbons (Fsp3) is 0.567. The number of likely N-dealkylation sites (N-methyl/N-ethyl adjacent to an activating group) is 1. The molecule has 4 rings (SSSR count). The number of amides is 1. The molecule has 6 nitrogen and oxygen atoms in total. The molecule has 2 saturated heterocycles. The summed E-state index contributed by atoms with van der Waals surface area (Å²) in [6.07, 6.45) is 1.48. The fourth-order valence-electron chi connectivity index (χ4n) is 5.10. The molecule has 2 aromatic rings. The van der Waals surface area contributed by atoms with Crippen molar-refractivity contribution in [2.45, 2.75) is 63.9 Å². The van der Waals surface area contributed by atoms with Gasteiger partial charge in [0.25, 0.3) is 0 Å². The van der Waals surface area contributed by atoms with Gasteiger partial charge in [-0.25, -0.2) is 4.39 Å². The van der Waals surface area contributed by atoms with Crippen LogP contribution in [0.5, 0.6) is 0 Å². The molecule has 2 aliphatic heterocycles. The van der Waals surface area contributed by atoms with Crippen LogP contribution < -0.4 is 10.6 Å². The van der Waals surface area contributed by atoms with Crippen LogP contribution in [0.3, 0.4) is 0 Å². The number of carbonyl (C=O) groups excluding carboxylic acids is 1. The Bertz CT molecular complexity index is 1010. The highest BCUT2D eigenvalue weighted by Gasteiger charge is 2.44. The van der Waals surface area contributed by atoms with E-state index in [-0.39, 0.29) is 35.5 Å². The summed E-state index contributed by atoms with van der Waals surface area (Å²) in [5.74, 6) is -0.214. The lowest BCUT2D eigenvalue weighted by Crippen LogP contribution is -2.62. The van der Waals surface area contributed by atoms with Gasteiger partial charge < -0.3 is 20.1 Å². The number of nitrogens with one attached hydrogen (secondary N) is 2. The molecule has 3 atom stereocenters. The largest absolute Gasteiger partial charge is 0.381 e. The Balaban J connectivity index is 0.00000195. The van der Waals surface area contributed by atoms with Gasteiger partial charge in [-0.05, 0) is 55.0 Å². The van der Waals surface area contributed by atoms with Gasteiger partial charge in [-0.3, -0.25) is 14.1 Å². The second-order valence-electron chi connectivity index (χ2n) is 11.3. The number of halogens is 2. The van der Waals surface area contributed by atoms with Crippen LogP contribution in [0.15, 0.2) is 54.6 Å². The number of nitrogens with zero attached hydrogens (tertiary/aromatic N) is 1. The number of ether oxygens (including phenoxy) is 2. The minimum atomic E-state index is -0.695. The lowest BCUT2D eigenvalue weighted by molar-refractivity contribution is -0.132. The number of hydrogen-bond donors (Lipinski definition) is 2. The van der Waals surface area contributed by atoms with Crippen LogP contribution in [0.2, 0.25) is 0 Å². The minimum Gasteiger partial charge on any atom is -0.381 e. The van der Waals surface area contributed by atoms with Gasteiger partial charge in [0, 0.05) is 32.3 Å². The smallest absolute Gasteiger partial charge is 0.240 e. The molecule has 8 heteroatoms. The lowest BCUT2D eigenvalue weighted by Gasteiger charge is -2.38. The van der Waals surface area contributed by atoms with Crippen molar-refractivity contribution in [2.75, 3.05) is 40.5 Å². The third-order valence-corrected chi connectivity index (χ3v) is 7.25. The highest BCUT2D eigenvalue weighted by molar-refractivity contribution is 5.86. The Labute approximate surface area is 226 Å². The van der Waals surface area contributed by atoms with Crippen molar-refractivity contribution in [1.82, 2.24) is 15.5 Å². The molecule has 0 radical (unpaired) electrons. The molecule has 3 unspecified atom stereocenters. The summed E-state index contributed by atoms with van der Waals surface area (Å²) in [6, 6.07) is 16.9. The van der Waals surface area contributed by atoms with Crippen molar-refractivity contribution in [3.63, 3.8) is 0 Å². The normalized spacial score (nSPS) is 23.4. The zero-order valence-electron chi connectivity index (χ0n) is 23.3. The van der Waals surface area contributed by atoms with E-state index in [0.29, 0.717) is 52.7 Å². The molecule has 2 aromatic carbocycles. The van der Waals surface area contributed by atoms with Crippen molar-refractivity contribution in [3.8, 4) is 0 Å². The van der Waals surface area contributed by atoms with E-state index in [4.69, 9.17) is 9.47 Å². The molecular weight excluding hydrogens is 488 g/mol. The summed E-state index contributed by atoms with van der Waals surface area (Å²) in [5.41, 5.74) is 1.31. The first-order valence-corrected chi connectivity index (χ1v) is 13.3. The van der Waals surface area contributed by atoms with E-state index >= 15 is 0 Å². The van der Waals surface area contributed by atoms with Crippen molar-refractivity contribution < 1.29 is 23.0 Å². The van der Waals surface area contributed by atoms with Crippen molar-refractivity contribution in [3.05, 3.63) is 71.5 Å². The van der Waals surface area contributed by atoms with Gasteiger partial charge in [0.1, 0.15) is 17.6 Å². The topological polar surface area (TPSA) is 62.8 Å². The third-order valence-electron chi connectivity index (χ3n) is 7.25. The van der Waals surface area contributed by atoms with Crippen LogP contribution in [0.25, 0.3) is 0 Å².